The molecule has 2 nitrogen and oxygen atoms in total. The van der Waals surface area contributed by atoms with Crippen molar-refractivity contribution in [2.45, 2.75) is 40.5 Å². The van der Waals surface area contributed by atoms with E-state index in [1.54, 1.807) is 0 Å². The lowest BCUT2D eigenvalue weighted by molar-refractivity contribution is 0.0525. The van der Waals surface area contributed by atoms with Crippen LogP contribution in [0.3, 0.4) is 0 Å². The summed E-state index contributed by atoms with van der Waals surface area (Å²) in [5.41, 5.74) is 4.25. The smallest absolute Gasteiger partial charge is 0.338 e. The normalized spacial score (nSPS) is 10.2. The molecule has 0 aliphatic carbocycles. The summed E-state index contributed by atoms with van der Waals surface area (Å²) in [6, 6.07) is 4.08. The molecule has 0 aliphatic heterocycles. The molecule has 0 aliphatic rings. The second-order valence-electron chi connectivity index (χ2n) is 3.88. The first-order chi connectivity index (χ1) is 7.63. The molecule has 0 spiro atoms. The number of carbonyl (C=O) groups is 1. The van der Waals surface area contributed by atoms with Crippen LogP contribution in [-0.2, 0) is 17.6 Å². The summed E-state index contributed by atoms with van der Waals surface area (Å²) < 4.78 is 5.09. The zero-order valence-corrected chi connectivity index (χ0v) is 10.6. The Balaban J connectivity index is 3.24. The minimum absolute atomic E-state index is 0.197. The molecule has 0 fully saturated rings. The van der Waals surface area contributed by atoms with Crippen LogP contribution in [-0.4, -0.2) is 12.6 Å². The second kappa shape index (κ2) is 5.69. The van der Waals surface area contributed by atoms with Crippen LogP contribution in [0.1, 0.15) is 47.8 Å². The third-order valence-electron chi connectivity index (χ3n) is 2.72. The van der Waals surface area contributed by atoms with Crippen molar-refractivity contribution in [2.24, 2.45) is 0 Å². The van der Waals surface area contributed by atoms with Crippen molar-refractivity contribution in [1.82, 2.24) is 0 Å². The van der Waals surface area contributed by atoms with Crippen LogP contribution in [0.25, 0.3) is 0 Å². The first kappa shape index (κ1) is 12.8. The fourth-order valence-corrected chi connectivity index (χ4v) is 2.02. The molecular weight excluding hydrogens is 200 g/mol. The van der Waals surface area contributed by atoms with Crippen LogP contribution in [0, 0.1) is 6.92 Å². The molecule has 0 radical (unpaired) electrons. The van der Waals surface area contributed by atoms with Crippen LogP contribution < -0.4 is 0 Å². The highest BCUT2D eigenvalue weighted by atomic mass is 16.5. The Hall–Kier alpha value is -1.31. The quantitative estimate of drug-likeness (QED) is 0.728. The summed E-state index contributed by atoms with van der Waals surface area (Å²) in [6.45, 7) is 8.47. The van der Waals surface area contributed by atoms with Gasteiger partial charge in [0.1, 0.15) is 0 Å². The SMILES string of the molecule is CCOC(=O)c1cc(C)cc(CC)c1CC. The van der Waals surface area contributed by atoms with Gasteiger partial charge in [-0.2, -0.15) is 0 Å². The molecule has 0 atom stereocenters. The number of hydrogen-bond donors (Lipinski definition) is 0. The predicted molar refractivity (Wildman–Crippen MR) is 65.9 cm³/mol. The summed E-state index contributed by atoms with van der Waals surface area (Å²) in [6.07, 6.45) is 1.83. The van der Waals surface area contributed by atoms with Gasteiger partial charge in [0.25, 0.3) is 0 Å². The molecule has 88 valence electrons. The monoisotopic (exact) mass is 220 g/mol. The van der Waals surface area contributed by atoms with E-state index in [4.69, 9.17) is 4.74 Å². The molecule has 2 heteroatoms. The van der Waals surface area contributed by atoms with Crippen LogP contribution in [0.2, 0.25) is 0 Å². The van der Waals surface area contributed by atoms with Crippen molar-refractivity contribution in [3.05, 3.63) is 34.4 Å². The van der Waals surface area contributed by atoms with Gasteiger partial charge in [-0.3, -0.25) is 0 Å². The standard InChI is InChI=1S/C14H20O2/c1-5-11-8-10(4)9-13(12(11)6-2)14(15)16-7-3/h8-9H,5-7H2,1-4H3. The molecule has 1 rings (SSSR count). The van der Waals surface area contributed by atoms with E-state index in [-0.39, 0.29) is 5.97 Å². The Morgan fingerprint density at radius 3 is 2.38 bits per heavy atom. The molecule has 0 bridgehead atoms. The molecule has 0 aromatic heterocycles. The van der Waals surface area contributed by atoms with E-state index in [0.717, 1.165) is 29.5 Å². The highest BCUT2D eigenvalue weighted by Crippen LogP contribution is 2.20. The van der Waals surface area contributed by atoms with Crippen molar-refractivity contribution in [1.29, 1.82) is 0 Å². The van der Waals surface area contributed by atoms with Gasteiger partial charge >= 0.3 is 5.97 Å². The first-order valence-corrected chi connectivity index (χ1v) is 5.93. The molecule has 16 heavy (non-hydrogen) atoms. The fourth-order valence-electron chi connectivity index (χ4n) is 2.02. The number of carbonyl (C=O) groups excluding carboxylic acids is 1. The zero-order chi connectivity index (χ0) is 12.1. The highest BCUT2D eigenvalue weighted by molar-refractivity contribution is 5.91. The minimum atomic E-state index is -0.197. The predicted octanol–water partition coefficient (Wildman–Crippen LogP) is 3.30. The van der Waals surface area contributed by atoms with Gasteiger partial charge in [-0.05, 0) is 49.4 Å². The summed E-state index contributed by atoms with van der Waals surface area (Å²) >= 11 is 0. The van der Waals surface area contributed by atoms with Gasteiger partial charge in [0.2, 0.25) is 0 Å². The van der Waals surface area contributed by atoms with Gasteiger partial charge in [-0.1, -0.05) is 19.9 Å². The minimum Gasteiger partial charge on any atom is -0.462 e. The number of rotatable bonds is 4. The van der Waals surface area contributed by atoms with Crippen LogP contribution in [0.5, 0.6) is 0 Å². The number of aryl methyl sites for hydroxylation is 2. The second-order valence-corrected chi connectivity index (χ2v) is 3.88. The van der Waals surface area contributed by atoms with Crippen LogP contribution in [0.4, 0.5) is 0 Å². The topological polar surface area (TPSA) is 26.3 Å². The Kier molecular flexibility index (Phi) is 4.53. The van der Waals surface area contributed by atoms with E-state index in [2.05, 4.69) is 19.9 Å². The van der Waals surface area contributed by atoms with Crippen LogP contribution >= 0.6 is 0 Å². The van der Waals surface area contributed by atoms with Gasteiger partial charge in [0, 0.05) is 0 Å². The molecule has 0 heterocycles. The summed E-state index contributed by atoms with van der Waals surface area (Å²) in [5.74, 6) is -0.197. The van der Waals surface area contributed by atoms with Crippen LogP contribution in [0.15, 0.2) is 12.1 Å². The van der Waals surface area contributed by atoms with Crippen molar-refractivity contribution in [3.63, 3.8) is 0 Å². The van der Waals surface area contributed by atoms with E-state index >= 15 is 0 Å². The lowest BCUT2D eigenvalue weighted by Gasteiger charge is -2.13. The number of hydrogen-bond acceptors (Lipinski definition) is 2. The molecule has 0 saturated carbocycles. The van der Waals surface area contributed by atoms with Gasteiger partial charge in [0.15, 0.2) is 0 Å². The molecule has 0 amide bonds. The third kappa shape index (κ3) is 2.63. The summed E-state index contributed by atoms with van der Waals surface area (Å²) in [4.78, 5) is 11.8. The van der Waals surface area contributed by atoms with Crippen molar-refractivity contribution < 1.29 is 9.53 Å². The lowest BCUT2D eigenvalue weighted by Crippen LogP contribution is -2.10. The van der Waals surface area contributed by atoms with Crippen molar-refractivity contribution in [2.75, 3.05) is 6.61 Å². The average molecular weight is 220 g/mol. The lowest BCUT2D eigenvalue weighted by atomic mass is 9.95. The number of esters is 1. The summed E-state index contributed by atoms with van der Waals surface area (Å²) in [5, 5.41) is 0. The maximum atomic E-state index is 11.8. The molecule has 0 saturated heterocycles. The Labute approximate surface area is 97.6 Å². The maximum absolute atomic E-state index is 11.8. The van der Waals surface area contributed by atoms with E-state index < -0.39 is 0 Å². The number of ether oxygens (including phenoxy) is 1. The van der Waals surface area contributed by atoms with Gasteiger partial charge in [-0.15, -0.1) is 0 Å². The molecule has 1 aromatic carbocycles. The number of benzene rings is 1. The fraction of sp³-hybridized carbons (Fsp3) is 0.500. The van der Waals surface area contributed by atoms with E-state index in [1.165, 1.54) is 5.56 Å². The molecular formula is C14H20O2. The molecule has 1 aromatic rings. The first-order valence-electron chi connectivity index (χ1n) is 5.93. The zero-order valence-electron chi connectivity index (χ0n) is 10.6. The Morgan fingerprint density at radius 2 is 1.88 bits per heavy atom. The molecule has 0 unspecified atom stereocenters. The van der Waals surface area contributed by atoms with Gasteiger partial charge in [0.05, 0.1) is 12.2 Å². The third-order valence-corrected chi connectivity index (χ3v) is 2.72. The average Bonchev–Trinajstić information content (AvgIpc) is 2.28. The van der Waals surface area contributed by atoms with Gasteiger partial charge < -0.3 is 4.74 Å². The van der Waals surface area contributed by atoms with Crippen molar-refractivity contribution >= 4 is 5.97 Å². The van der Waals surface area contributed by atoms with E-state index in [1.807, 2.05) is 19.9 Å². The maximum Gasteiger partial charge on any atom is 0.338 e. The Bertz CT molecular complexity index is 381. The van der Waals surface area contributed by atoms with E-state index in [0.29, 0.717) is 6.61 Å². The van der Waals surface area contributed by atoms with Gasteiger partial charge in [-0.25, -0.2) is 4.79 Å². The largest absolute Gasteiger partial charge is 0.462 e. The van der Waals surface area contributed by atoms with E-state index in [9.17, 15) is 4.79 Å². The molecule has 0 N–H and O–H groups in total. The van der Waals surface area contributed by atoms with Crippen molar-refractivity contribution in [3.8, 4) is 0 Å². The Morgan fingerprint density at radius 1 is 1.19 bits per heavy atom. The summed E-state index contributed by atoms with van der Waals surface area (Å²) in [7, 11) is 0. The highest BCUT2D eigenvalue weighted by Gasteiger charge is 2.14.